The van der Waals surface area contributed by atoms with Gasteiger partial charge in [-0.1, -0.05) is 0 Å². The molecule has 7 heteroatoms. The molecule has 128 valence electrons. The molecule has 0 bridgehead atoms. The second-order valence-corrected chi connectivity index (χ2v) is 8.59. The molecule has 1 atom stereocenters. The number of hydrogen-bond acceptors (Lipinski definition) is 4. The minimum Gasteiger partial charge on any atom is -0.352 e. The molecule has 2 aromatic rings. The van der Waals surface area contributed by atoms with Gasteiger partial charge in [0.25, 0.3) is 5.91 Å². The van der Waals surface area contributed by atoms with Gasteiger partial charge in [0, 0.05) is 17.8 Å². The van der Waals surface area contributed by atoms with Gasteiger partial charge in [-0.05, 0) is 56.5 Å². The standard InChI is InChI=1S/C17H21N3O3S/c1-12-9-13(2)20(19-12)16-5-3-15(4-6-16)17(21)18-10-14-7-8-24(22,23)11-14/h3-6,9,14H,7-8,10-11H2,1-2H3,(H,18,21). The van der Waals surface area contributed by atoms with E-state index in [0.717, 1.165) is 17.1 Å². The van der Waals surface area contributed by atoms with E-state index < -0.39 is 9.84 Å². The van der Waals surface area contributed by atoms with E-state index in [4.69, 9.17) is 0 Å². The van der Waals surface area contributed by atoms with Crippen LogP contribution in [0.15, 0.2) is 30.3 Å². The maximum absolute atomic E-state index is 12.2. The molecule has 1 aliphatic rings. The first-order chi connectivity index (χ1) is 11.3. The lowest BCUT2D eigenvalue weighted by molar-refractivity contribution is 0.0948. The van der Waals surface area contributed by atoms with Crippen LogP contribution in [0.4, 0.5) is 0 Å². The maximum Gasteiger partial charge on any atom is 0.251 e. The van der Waals surface area contributed by atoms with Crippen LogP contribution in [0.2, 0.25) is 0 Å². The first-order valence-corrected chi connectivity index (χ1v) is 9.78. The van der Waals surface area contributed by atoms with Gasteiger partial charge in [-0.3, -0.25) is 4.79 Å². The molecule has 0 radical (unpaired) electrons. The van der Waals surface area contributed by atoms with E-state index in [1.54, 1.807) is 12.1 Å². The third-order valence-electron chi connectivity index (χ3n) is 4.26. The van der Waals surface area contributed by atoms with Gasteiger partial charge in [0.2, 0.25) is 0 Å². The van der Waals surface area contributed by atoms with Crippen LogP contribution in [0.1, 0.15) is 28.2 Å². The summed E-state index contributed by atoms with van der Waals surface area (Å²) >= 11 is 0. The van der Waals surface area contributed by atoms with Crippen molar-refractivity contribution in [2.24, 2.45) is 5.92 Å². The summed E-state index contributed by atoms with van der Waals surface area (Å²) in [5.41, 5.74) is 3.44. The Hall–Kier alpha value is -2.15. The van der Waals surface area contributed by atoms with Gasteiger partial charge in [-0.15, -0.1) is 0 Å². The number of nitrogens with zero attached hydrogens (tertiary/aromatic N) is 2. The fraction of sp³-hybridized carbons (Fsp3) is 0.412. The normalized spacial score (nSPS) is 19.3. The molecule has 24 heavy (non-hydrogen) atoms. The predicted molar refractivity (Wildman–Crippen MR) is 92.1 cm³/mol. The summed E-state index contributed by atoms with van der Waals surface area (Å²) in [7, 11) is -2.91. The fourth-order valence-corrected chi connectivity index (χ4v) is 4.88. The summed E-state index contributed by atoms with van der Waals surface area (Å²) in [6.45, 7) is 4.32. The van der Waals surface area contributed by atoms with Gasteiger partial charge in [-0.25, -0.2) is 13.1 Å². The van der Waals surface area contributed by atoms with Crippen molar-refractivity contribution in [2.75, 3.05) is 18.1 Å². The zero-order valence-electron chi connectivity index (χ0n) is 13.8. The zero-order chi connectivity index (χ0) is 17.3. The van der Waals surface area contributed by atoms with Crippen molar-refractivity contribution in [3.05, 3.63) is 47.3 Å². The van der Waals surface area contributed by atoms with Crippen LogP contribution in [-0.4, -0.2) is 42.2 Å². The van der Waals surface area contributed by atoms with Gasteiger partial charge in [0.15, 0.2) is 9.84 Å². The summed E-state index contributed by atoms with van der Waals surface area (Å²) in [6, 6.07) is 9.22. The summed E-state index contributed by atoms with van der Waals surface area (Å²) in [4.78, 5) is 12.2. The van der Waals surface area contributed by atoms with E-state index in [-0.39, 0.29) is 23.3 Å². The summed E-state index contributed by atoms with van der Waals surface area (Å²) in [6.07, 6.45) is 0.624. The average molecular weight is 347 g/mol. The minimum atomic E-state index is -2.91. The molecule has 1 aromatic carbocycles. The number of sulfone groups is 1. The largest absolute Gasteiger partial charge is 0.352 e. The molecule has 6 nitrogen and oxygen atoms in total. The Morgan fingerprint density at radius 3 is 2.54 bits per heavy atom. The average Bonchev–Trinajstić information content (AvgIpc) is 3.06. The van der Waals surface area contributed by atoms with Gasteiger partial charge in [0.1, 0.15) is 0 Å². The molecule has 1 N–H and O–H groups in total. The van der Waals surface area contributed by atoms with E-state index in [1.807, 2.05) is 36.7 Å². The highest BCUT2D eigenvalue weighted by Gasteiger charge is 2.27. The van der Waals surface area contributed by atoms with Crippen molar-refractivity contribution >= 4 is 15.7 Å². The van der Waals surface area contributed by atoms with Gasteiger partial charge >= 0.3 is 0 Å². The Kier molecular flexibility index (Phi) is 4.45. The van der Waals surface area contributed by atoms with Crippen molar-refractivity contribution in [3.8, 4) is 5.69 Å². The molecule has 1 unspecified atom stereocenters. The molecule has 1 fully saturated rings. The Labute approximate surface area is 141 Å². The SMILES string of the molecule is Cc1cc(C)n(-c2ccc(C(=O)NCC3CCS(=O)(=O)C3)cc2)n1. The second-order valence-electron chi connectivity index (χ2n) is 6.36. The van der Waals surface area contributed by atoms with Crippen LogP contribution in [0.5, 0.6) is 0 Å². The monoisotopic (exact) mass is 347 g/mol. The second kappa shape index (κ2) is 6.39. The van der Waals surface area contributed by atoms with Crippen LogP contribution < -0.4 is 5.32 Å². The molecule has 3 rings (SSSR count). The Bertz CT molecular complexity index is 854. The molecule has 0 spiro atoms. The van der Waals surface area contributed by atoms with E-state index in [9.17, 15) is 13.2 Å². The molecule has 0 saturated carbocycles. The molecule has 2 heterocycles. The molecule has 1 aliphatic heterocycles. The molecular weight excluding hydrogens is 326 g/mol. The molecule has 0 aliphatic carbocycles. The third kappa shape index (κ3) is 3.67. The third-order valence-corrected chi connectivity index (χ3v) is 6.10. The summed E-state index contributed by atoms with van der Waals surface area (Å²) in [5.74, 6) is 0.238. The van der Waals surface area contributed by atoms with Crippen LogP contribution >= 0.6 is 0 Å². The van der Waals surface area contributed by atoms with Crippen molar-refractivity contribution in [1.82, 2.24) is 15.1 Å². The Balaban J connectivity index is 1.63. The number of rotatable bonds is 4. The van der Waals surface area contributed by atoms with Crippen molar-refractivity contribution < 1.29 is 13.2 Å². The molecule has 1 aromatic heterocycles. The molecule has 1 amide bonds. The number of hydrogen-bond donors (Lipinski definition) is 1. The van der Waals surface area contributed by atoms with Crippen molar-refractivity contribution in [2.45, 2.75) is 20.3 Å². The Morgan fingerprint density at radius 1 is 1.29 bits per heavy atom. The first-order valence-electron chi connectivity index (χ1n) is 7.96. The number of amides is 1. The highest BCUT2D eigenvalue weighted by Crippen LogP contribution is 2.18. The smallest absolute Gasteiger partial charge is 0.251 e. The number of carbonyl (C=O) groups is 1. The maximum atomic E-state index is 12.2. The topological polar surface area (TPSA) is 81.1 Å². The van der Waals surface area contributed by atoms with Crippen LogP contribution in [-0.2, 0) is 9.84 Å². The van der Waals surface area contributed by atoms with Gasteiger partial charge < -0.3 is 5.32 Å². The van der Waals surface area contributed by atoms with Gasteiger partial charge in [-0.2, -0.15) is 5.10 Å². The fourth-order valence-electron chi connectivity index (χ4n) is 3.02. The van der Waals surface area contributed by atoms with Crippen LogP contribution in [0, 0.1) is 19.8 Å². The molecular formula is C17H21N3O3S. The quantitative estimate of drug-likeness (QED) is 0.912. The van der Waals surface area contributed by atoms with E-state index in [2.05, 4.69) is 10.4 Å². The minimum absolute atomic E-state index is 0.0212. The zero-order valence-corrected chi connectivity index (χ0v) is 14.6. The van der Waals surface area contributed by atoms with E-state index >= 15 is 0 Å². The van der Waals surface area contributed by atoms with Crippen molar-refractivity contribution in [3.63, 3.8) is 0 Å². The Morgan fingerprint density at radius 2 is 2.00 bits per heavy atom. The van der Waals surface area contributed by atoms with Crippen LogP contribution in [0.25, 0.3) is 5.69 Å². The lowest BCUT2D eigenvalue weighted by Gasteiger charge is -2.10. The van der Waals surface area contributed by atoms with E-state index in [0.29, 0.717) is 18.5 Å². The van der Waals surface area contributed by atoms with Gasteiger partial charge in [0.05, 0.1) is 22.9 Å². The lowest BCUT2D eigenvalue weighted by atomic mass is 10.1. The molecule has 1 saturated heterocycles. The summed E-state index contributed by atoms with van der Waals surface area (Å²) < 4.78 is 24.7. The predicted octanol–water partition coefficient (Wildman–Crippen LogP) is 1.65. The highest BCUT2D eigenvalue weighted by molar-refractivity contribution is 7.91. The number of aromatic nitrogens is 2. The number of carbonyl (C=O) groups excluding carboxylic acids is 1. The van der Waals surface area contributed by atoms with E-state index in [1.165, 1.54) is 0 Å². The lowest BCUT2D eigenvalue weighted by Crippen LogP contribution is -2.29. The number of nitrogens with one attached hydrogen (secondary N) is 1. The summed E-state index contributed by atoms with van der Waals surface area (Å²) in [5, 5.41) is 7.24. The number of aryl methyl sites for hydroxylation is 2. The highest BCUT2D eigenvalue weighted by atomic mass is 32.2. The first kappa shape index (κ1) is 16.7. The van der Waals surface area contributed by atoms with Crippen molar-refractivity contribution in [1.29, 1.82) is 0 Å². The number of benzene rings is 1. The van der Waals surface area contributed by atoms with Crippen LogP contribution in [0.3, 0.4) is 0 Å².